The summed E-state index contributed by atoms with van der Waals surface area (Å²) in [7, 11) is 0. The third kappa shape index (κ3) is 5.17. The van der Waals surface area contributed by atoms with Crippen LogP contribution in [-0.4, -0.2) is 23.7 Å². The molecule has 0 aromatic carbocycles. The molecule has 0 unspecified atom stereocenters. The number of aliphatic carboxylic acids is 1. The van der Waals surface area contributed by atoms with E-state index in [0.29, 0.717) is 0 Å². The van der Waals surface area contributed by atoms with Crippen molar-refractivity contribution >= 4 is 5.97 Å². The number of rotatable bonds is 5. The molecule has 1 aliphatic rings. The molecular weight excluding hydrogens is 190 g/mol. The van der Waals surface area contributed by atoms with Crippen molar-refractivity contribution in [3.05, 3.63) is 0 Å². The average molecular weight is 213 g/mol. The lowest BCUT2D eigenvalue weighted by atomic mass is 9.96. The summed E-state index contributed by atoms with van der Waals surface area (Å²) in [6, 6.07) is -0.407. The first kappa shape index (κ1) is 12.5. The van der Waals surface area contributed by atoms with Gasteiger partial charge >= 0.3 is 5.97 Å². The maximum Gasteiger partial charge on any atom is 0.320 e. The van der Waals surface area contributed by atoms with E-state index in [-0.39, 0.29) is 0 Å². The third-order valence-electron chi connectivity index (χ3n) is 3.35. The van der Waals surface area contributed by atoms with Crippen LogP contribution in [0.1, 0.15) is 51.9 Å². The lowest BCUT2D eigenvalue weighted by Crippen LogP contribution is -2.34. The van der Waals surface area contributed by atoms with Crippen molar-refractivity contribution in [3.8, 4) is 0 Å². The molecule has 0 spiro atoms. The molecule has 1 rings (SSSR count). The monoisotopic (exact) mass is 213 g/mol. The molecule has 1 fully saturated rings. The first-order chi connectivity index (χ1) is 7.20. The van der Waals surface area contributed by atoms with Crippen LogP contribution in [0.4, 0.5) is 0 Å². The van der Waals surface area contributed by atoms with Gasteiger partial charge in [-0.05, 0) is 25.8 Å². The second kappa shape index (κ2) is 6.83. The molecule has 0 aromatic rings. The zero-order chi connectivity index (χ0) is 11.1. The van der Waals surface area contributed by atoms with Crippen LogP contribution < -0.4 is 5.32 Å². The predicted molar refractivity (Wildman–Crippen MR) is 60.9 cm³/mol. The molecule has 0 amide bonds. The molecule has 0 radical (unpaired) electrons. The number of hydrogen-bond donors (Lipinski definition) is 2. The van der Waals surface area contributed by atoms with Gasteiger partial charge in [0.15, 0.2) is 0 Å². The Bertz CT molecular complexity index is 186. The number of carbonyl (C=O) groups is 1. The highest BCUT2D eigenvalue weighted by atomic mass is 16.4. The topological polar surface area (TPSA) is 49.3 Å². The Hall–Kier alpha value is -0.570. The van der Waals surface area contributed by atoms with Gasteiger partial charge in [-0.3, -0.25) is 4.79 Å². The summed E-state index contributed by atoms with van der Waals surface area (Å²) in [5, 5.41) is 11.8. The minimum atomic E-state index is -0.754. The van der Waals surface area contributed by atoms with E-state index in [1.807, 2.05) is 0 Å². The summed E-state index contributed by atoms with van der Waals surface area (Å²) < 4.78 is 0. The van der Waals surface area contributed by atoms with Crippen LogP contribution in [0.15, 0.2) is 0 Å². The maximum absolute atomic E-state index is 10.6. The van der Waals surface area contributed by atoms with E-state index in [9.17, 15) is 4.79 Å². The zero-order valence-corrected chi connectivity index (χ0v) is 9.67. The van der Waals surface area contributed by atoms with Gasteiger partial charge in [-0.25, -0.2) is 0 Å². The summed E-state index contributed by atoms with van der Waals surface area (Å²) in [6.45, 7) is 2.55. The summed E-state index contributed by atoms with van der Waals surface area (Å²) in [6.07, 6.45) is 9.30. The van der Waals surface area contributed by atoms with Gasteiger partial charge in [0.1, 0.15) is 6.04 Å². The van der Waals surface area contributed by atoms with Crippen LogP contribution in [0.5, 0.6) is 0 Å². The quantitative estimate of drug-likeness (QED) is 0.689. The van der Waals surface area contributed by atoms with Crippen molar-refractivity contribution in [1.82, 2.24) is 5.32 Å². The molecule has 0 heterocycles. The highest BCUT2D eigenvalue weighted by Gasteiger charge is 2.13. The van der Waals surface area contributed by atoms with E-state index in [2.05, 4.69) is 5.32 Å². The van der Waals surface area contributed by atoms with E-state index in [4.69, 9.17) is 5.11 Å². The highest BCUT2D eigenvalue weighted by molar-refractivity contribution is 5.72. The van der Waals surface area contributed by atoms with Gasteiger partial charge in [0.2, 0.25) is 0 Å². The Morgan fingerprint density at radius 2 is 1.93 bits per heavy atom. The van der Waals surface area contributed by atoms with Gasteiger partial charge in [-0.15, -0.1) is 0 Å². The van der Waals surface area contributed by atoms with Crippen LogP contribution in [0.2, 0.25) is 0 Å². The minimum absolute atomic E-state index is 0.407. The molecule has 0 aromatic heterocycles. The van der Waals surface area contributed by atoms with Crippen molar-refractivity contribution in [3.63, 3.8) is 0 Å². The van der Waals surface area contributed by atoms with Crippen molar-refractivity contribution in [1.29, 1.82) is 0 Å². The van der Waals surface area contributed by atoms with E-state index in [1.165, 1.54) is 38.5 Å². The summed E-state index contributed by atoms with van der Waals surface area (Å²) in [4.78, 5) is 10.6. The lowest BCUT2D eigenvalue weighted by molar-refractivity contribution is -0.139. The molecule has 15 heavy (non-hydrogen) atoms. The number of carboxylic acid groups (broad SMARTS) is 1. The van der Waals surface area contributed by atoms with Crippen LogP contribution in [0, 0.1) is 5.92 Å². The molecule has 0 aliphatic heterocycles. The van der Waals surface area contributed by atoms with Crippen molar-refractivity contribution in [2.45, 2.75) is 57.9 Å². The highest BCUT2D eigenvalue weighted by Crippen LogP contribution is 2.24. The Morgan fingerprint density at radius 1 is 1.33 bits per heavy atom. The maximum atomic E-state index is 10.6. The summed E-state index contributed by atoms with van der Waals surface area (Å²) >= 11 is 0. The summed E-state index contributed by atoms with van der Waals surface area (Å²) in [5.74, 6) is 0.0665. The van der Waals surface area contributed by atoms with Gasteiger partial charge < -0.3 is 10.4 Å². The molecule has 0 saturated heterocycles. The Labute approximate surface area is 92.3 Å². The Kier molecular flexibility index (Phi) is 5.69. The predicted octanol–water partition coefficient (Wildman–Crippen LogP) is 2.41. The molecule has 0 bridgehead atoms. The van der Waals surface area contributed by atoms with Gasteiger partial charge in [-0.1, -0.05) is 38.5 Å². The largest absolute Gasteiger partial charge is 0.480 e. The first-order valence-corrected chi connectivity index (χ1v) is 6.16. The van der Waals surface area contributed by atoms with Crippen LogP contribution in [0.25, 0.3) is 0 Å². The van der Waals surface area contributed by atoms with Gasteiger partial charge in [-0.2, -0.15) is 0 Å². The number of hydrogen-bond acceptors (Lipinski definition) is 2. The van der Waals surface area contributed by atoms with Crippen LogP contribution in [-0.2, 0) is 4.79 Å². The molecule has 3 heteroatoms. The number of carboxylic acids is 1. The fourth-order valence-electron chi connectivity index (χ4n) is 2.24. The normalized spacial score (nSPS) is 20.9. The molecule has 2 N–H and O–H groups in total. The van der Waals surface area contributed by atoms with E-state index >= 15 is 0 Å². The fraction of sp³-hybridized carbons (Fsp3) is 0.917. The van der Waals surface area contributed by atoms with E-state index in [1.54, 1.807) is 6.92 Å². The van der Waals surface area contributed by atoms with Crippen molar-refractivity contribution < 1.29 is 9.90 Å². The second-order valence-corrected chi connectivity index (χ2v) is 4.66. The minimum Gasteiger partial charge on any atom is -0.480 e. The Balaban J connectivity index is 2.10. The number of nitrogens with one attached hydrogen (secondary N) is 1. The fourth-order valence-corrected chi connectivity index (χ4v) is 2.24. The lowest BCUT2D eigenvalue weighted by Gasteiger charge is -2.15. The van der Waals surface area contributed by atoms with Crippen molar-refractivity contribution in [2.75, 3.05) is 6.54 Å². The standard InChI is InChI=1S/C12H23NO2/c1-10(12(14)15)13-9-8-11-6-4-2-3-5-7-11/h10-11,13H,2-9H2,1H3,(H,14,15)/t10-/m0/s1. The zero-order valence-electron chi connectivity index (χ0n) is 9.67. The first-order valence-electron chi connectivity index (χ1n) is 6.16. The van der Waals surface area contributed by atoms with Crippen LogP contribution >= 0.6 is 0 Å². The molecule has 1 saturated carbocycles. The molecule has 1 atom stereocenters. The third-order valence-corrected chi connectivity index (χ3v) is 3.35. The smallest absolute Gasteiger partial charge is 0.320 e. The molecule has 1 aliphatic carbocycles. The summed E-state index contributed by atoms with van der Waals surface area (Å²) in [5.41, 5.74) is 0. The second-order valence-electron chi connectivity index (χ2n) is 4.66. The van der Waals surface area contributed by atoms with E-state index < -0.39 is 12.0 Å². The van der Waals surface area contributed by atoms with Gasteiger partial charge in [0.05, 0.1) is 0 Å². The Morgan fingerprint density at radius 3 is 2.47 bits per heavy atom. The van der Waals surface area contributed by atoms with Gasteiger partial charge in [0.25, 0.3) is 0 Å². The average Bonchev–Trinajstić information content (AvgIpc) is 2.46. The van der Waals surface area contributed by atoms with E-state index in [0.717, 1.165) is 18.9 Å². The molecule has 88 valence electrons. The van der Waals surface area contributed by atoms with Crippen molar-refractivity contribution in [2.24, 2.45) is 5.92 Å². The van der Waals surface area contributed by atoms with Crippen LogP contribution in [0.3, 0.4) is 0 Å². The van der Waals surface area contributed by atoms with Gasteiger partial charge in [0, 0.05) is 0 Å². The SMILES string of the molecule is C[C@H](NCCC1CCCCCC1)C(=O)O. The molecule has 3 nitrogen and oxygen atoms in total. The molecular formula is C12H23NO2.